The van der Waals surface area contributed by atoms with Crippen LogP contribution in [0, 0.1) is 5.92 Å². The van der Waals surface area contributed by atoms with Crippen molar-refractivity contribution in [1.29, 1.82) is 0 Å². The van der Waals surface area contributed by atoms with Crippen LogP contribution in [0.4, 0.5) is 11.4 Å². The smallest absolute Gasteiger partial charge is 0.254 e. The molecule has 1 aliphatic heterocycles. The topological polar surface area (TPSA) is 49.6 Å². The molecule has 0 aromatic heterocycles. The van der Waals surface area contributed by atoms with Gasteiger partial charge in [-0.2, -0.15) is 0 Å². The second kappa shape index (κ2) is 5.58. The number of nitrogens with zero attached hydrogens (tertiary/aromatic N) is 2. The molecule has 1 aromatic rings. The zero-order valence-electron chi connectivity index (χ0n) is 13.0. The Kier molecular flexibility index (Phi) is 3.79. The van der Waals surface area contributed by atoms with Crippen LogP contribution in [-0.4, -0.2) is 37.5 Å². The summed E-state index contributed by atoms with van der Waals surface area (Å²) in [7, 11) is 3.92. The number of hydrogen-bond donors (Lipinski definition) is 1. The fourth-order valence-corrected chi connectivity index (χ4v) is 3.97. The van der Waals surface area contributed by atoms with Crippen molar-refractivity contribution in [2.75, 3.05) is 31.3 Å². The van der Waals surface area contributed by atoms with Gasteiger partial charge in [-0.05, 0) is 49.8 Å². The summed E-state index contributed by atoms with van der Waals surface area (Å²) in [5.41, 5.74) is 8.45. The molecule has 0 radical (unpaired) electrons. The van der Waals surface area contributed by atoms with E-state index in [1.165, 1.54) is 25.7 Å². The van der Waals surface area contributed by atoms with Crippen LogP contribution in [0.1, 0.15) is 42.5 Å². The second-order valence-electron chi connectivity index (χ2n) is 6.57. The first-order valence-electron chi connectivity index (χ1n) is 7.95. The molecule has 1 aromatic carbocycles. The largest absolute Gasteiger partial charge is 0.397 e. The summed E-state index contributed by atoms with van der Waals surface area (Å²) < 4.78 is 0. The maximum absolute atomic E-state index is 12.8. The number of nitrogens with two attached hydrogens (primary N) is 1. The molecule has 4 heteroatoms. The van der Waals surface area contributed by atoms with E-state index in [1.807, 2.05) is 37.2 Å². The summed E-state index contributed by atoms with van der Waals surface area (Å²) in [6, 6.07) is 6.14. The van der Waals surface area contributed by atoms with Crippen LogP contribution in [0.15, 0.2) is 18.2 Å². The highest BCUT2D eigenvalue weighted by Gasteiger charge is 2.37. The number of carbonyl (C=O) groups excluding carboxylic acids is 1. The van der Waals surface area contributed by atoms with Crippen LogP contribution < -0.4 is 10.6 Å². The standard InChI is InChI=1S/C17H25N3O/c1-19(2)16-9-8-13(11-14(16)18)17(21)20-10-4-6-12-5-3-7-15(12)20/h8-9,11-12,15H,3-7,10,18H2,1-2H3. The summed E-state index contributed by atoms with van der Waals surface area (Å²) in [5, 5.41) is 0. The van der Waals surface area contributed by atoms with E-state index < -0.39 is 0 Å². The lowest BCUT2D eigenvalue weighted by atomic mass is 9.91. The Balaban J connectivity index is 1.83. The number of fused-ring (bicyclic) bond motifs is 1. The van der Waals surface area contributed by atoms with Gasteiger partial charge in [0, 0.05) is 32.2 Å². The SMILES string of the molecule is CN(C)c1ccc(C(=O)N2CCCC3CCCC32)cc1N. The Bertz CT molecular complexity index is 541. The van der Waals surface area contributed by atoms with Gasteiger partial charge in [-0.1, -0.05) is 6.42 Å². The number of anilines is 2. The van der Waals surface area contributed by atoms with Crippen molar-refractivity contribution in [2.45, 2.75) is 38.1 Å². The molecule has 2 aliphatic rings. The lowest BCUT2D eigenvalue weighted by Crippen LogP contribution is -2.46. The molecule has 0 bridgehead atoms. The third-order valence-electron chi connectivity index (χ3n) is 5.01. The molecule has 2 N–H and O–H groups in total. The third kappa shape index (κ3) is 2.59. The van der Waals surface area contributed by atoms with Crippen LogP contribution in [0.3, 0.4) is 0 Å². The van der Waals surface area contributed by atoms with Crippen molar-refractivity contribution >= 4 is 17.3 Å². The number of rotatable bonds is 2. The van der Waals surface area contributed by atoms with E-state index in [9.17, 15) is 4.79 Å². The Labute approximate surface area is 126 Å². The van der Waals surface area contributed by atoms with E-state index in [-0.39, 0.29) is 5.91 Å². The van der Waals surface area contributed by atoms with Crippen LogP contribution in [0.2, 0.25) is 0 Å². The molecule has 21 heavy (non-hydrogen) atoms. The van der Waals surface area contributed by atoms with Crippen molar-refractivity contribution in [3.63, 3.8) is 0 Å². The number of nitrogen functional groups attached to an aromatic ring is 1. The molecular formula is C17H25N3O. The average molecular weight is 287 g/mol. The number of amides is 1. The highest BCUT2D eigenvalue weighted by atomic mass is 16.2. The van der Waals surface area contributed by atoms with Crippen molar-refractivity contribution in [2.24, 2.45) is 5.92 Å². The number of piperidine rings is 1. The van der Waals surface area contributed by atoms with Crippen molar-refractivity contribution in [1.82, 2.24) is 4.90 Å². The molecular weight excluding hydrogens is 262 g/mol. The first-order chi connectivity index (χ1) is 10.1. The van der Waals surface area contributed by atoms with Crippen molar-refractivity contribution < 1.29 is 4.79 Å². The molecule has 1 heterocycles. The molecule has 114 valence electrons. The van der Waals surface area contributed by atoms with Gasteiger partial charge in [0.2, 0.25) is 0 Å². The molecule has 2 unspecified atom stereocenters. The summed E-state index contributed by atoms with van der Waals surface area (Å²) in [6.45, 7) is 0.898. The van der Waals surface area contributed by atoms with E-state index >= 15 is 0 Å². The summed E-state index contributed by atoms with van der Waals surface area (Å²) in [6.07, 6.45) is 6.15. The van der Waals surface area contributed by atoms with Gasteiger partial charge in [-0.25, -0.2) is 0 Å². The predicted molar refractivity (Wildman–Crippen MR) is 86.6 cm³/mol. The van der Waals surface area contributed by atoms with Crippen LogP contribution in [-0.2, 0) is 0 Å². The number of benzene rings is 1. The minimum atomic E-state index is 0.156. The molecule has 1 saturated carbocycles. The lowest BCUT2D eigenvalue weighted by Gasteiger charge is -2.38. The van der Waals surface area contributed by atoms with Gasteiger partial charge in [-0.3, -0.25) is 4.79 Å². The summed E-state index contributed by atoms with van der Waals surface area (Å²) in [5.74, 6) is 0.879. The van der Waals surface area contributed by atoms with E-state index in [0.717, 1.165) is 30.1 Å². The number of carbonyl (C=O) groups is 1. The quantitative estimate of drug-likeness (QED) is 0.851. The molecule has 4 nitrogen and oxygen atoms in total. The summed E-state index contributed by atoms with van der Waals surface area (Å²) >= 11 is 0. The van der Waals surface area contributed by atoms with Gasteiger partial charge in [-0.15, -0.1) is 0 Å². The Hall–Kier alpha value is -1.71. The van der Waals surface area contributed by atoms with Gasteiger partial charge in [0.25, 0.3) is 5.91 Å². The fourth-order valence-electron chi connectivity index (χ4n) is 3.97. The summed E-state index contributed by atoms with van der Waals surface area (Å²) in [4.78, 5) is 16.9. The van der Waals surface area contributed by atoms with E-state index in [2.05, 4.69) is 4.90 Å². The molecule has 1 amide bonds. The highest BCUT2D eigenvalue weighted by Crippen LogP contribution is 2.37. The van der Waals surface area contributed by atoms with E-state index in [4.69, 9.17) is 5.73 Å². The lowest BCUT2D eigenvalue weighted by molar-refractivity contribution is 0.0548. The van der Waals surface area contributed by atoms with Gasteiger partial charge >= 0.3 is 0 Å². The van der Waals surface area contributed by atoms with Gasteiger partial charge in [0.1, 0.15) is 0 Å². The maximum atomic E-state index is 12.8. The highest BCUT2D eigenvalue weighted by molar-refractivity contribution is 5.96. The second-order valence-corrected chi connectivity index (χ2v) is 6.57. The van der Waals surface area contributed by atoms with Gasteiger partial charge < -0.3 is 15.5 Å². The Morgan fingerprint density at radius 1 is 1.24 bits per heavy atom. The van der Waals surface area contributed by atoms with Crippen molar-refractivity contribution in [3.05, 3.63) is 23.8 Å². The van der Waals surface area contributed by atoms with E-state index in [1.54, 1.807) is 0 Å². The van der Waals surface area contributed by atoms with Crippen LogP contribution in [0.25, 0.3) is 0 Å². The number of hydrogen-bond acceptors (Lipinski definition) is 3. The molecule has 3 rings (SSSR count). The molecule has 1 aliphatic carbocycles. The minimum Gasteiger partial charge on any atom is -0.397 e. The molecule has 2 fully saturated rings. The predicted octanol–water partition coefficient (Wildman–Crippen LogP) is 2.74. The molecule has 1 saturated heterocycles. The fraction of sp³-hybridized carbons (Fsp3) is 0.588. The first kappa shape index (κ1) is 14.2. The minimum absolute atomic E-state index is 0.156. The molecule has 0 spiro atoms. The van der Waals surface area contributed by atoms with E-state index in [0.29, 0.717) is 11.7 Å². The monoisotopic (exact) mass is 287 g/mol. The normalized spacial score (nSPS) is 24.8. The Morgan fingerprint density at radius 3 is 2.71 bits per heavy atom. The zero-order chi connectivity index (χ0) is 15.0. The maximum Gasteiger partial charge on any atom is 0.254 e. The van der Waals surface area contributed by atoms with Crippen molar-refractivity contribution in [3.8, 4) is 0 Å². The first-order valence-corrected chi connectivity index (χ1v) is 7.95. The third-order valence-corrected chi connectivity index (χ3v) is 5.01. The van der Waals surface area contributed by atoms with Crippen LogP contribution >= 0.6 is 0 Å². The van der Waals surface area contributed by atoms with Crippen LogP contribution in [0.5, 0.6) is 0 Å². The average Bonchev–Trinajstić information content (AvgIpc) is 2.94. The Morgan fingerprint density at radius 2 is 2.00 bits per heavy atom. The molecule has 2 atom stereocenters. The number of likely N-dealkylation sites (tertiary alicyclic amines) is 1. The van der Waals surface area contributed by atoms with Gasteiger partial charge in [0.05, 0.1) is 11.4 Å². The van der Waals surface area contributed by atoms with Gasteiger partial charge in [0.15, 0.2) is 0 Å². The zero-order valence-corrected chi connectivity index (χ0v) is 13.0.